The summed E-state index contributed by atoms with van der Waals surface area (Å²) in [7, 11) is 0. The van der Waals surface area contributed by atoms with Crippen LogP contribution in [0, 0.1) is 0 Å². The summed E-state index contributed by atoms with van der Waals surface area (Å²) in [5.41, 5.74) is 4.51. The molecule has 0 saturated heterocycles. The minimum absolute atomic E-state index is 0.313. The molecule has 2 aromatic carbocycles. The van der Waals surface area contributed by atoms with Gasteiger partial charge in [0.2, 0.25) is 0 Å². The second kappa shape index (κ2) is 7.54. The molecule has 0 spiro atoms. The molecule has 1 N–H and O–H groups in total. The van der Waals surface area contributed by atoms with E-state index in [1.165, 1.54) is 11.1 Å². The molecule has 2 aromatic rings. The van der Waals surface area contributed by atoms with Gasteiger partial charge < -0.3 is 9.84 Å². The third-order valence-electron chi connectivity index (χ3n) is 4.16. The van der Waals surface area contributed by atoms with Crippen LogP contribution in [0.25, 0.3) is 0 Å². The molecule has 2 nitrogen and oxygen atoms in total. The van der Waals surface area contributed by atoms with Gasteiger partial charge >= 0.3 is 0 Å². The maximum absolute atomic E-state index is 10.6. The van der Waals surface area contributed by atoms with Crippen molar-refractivity contribution in [2.24, 2.45) is 0 Å². The van der Waals surface area contributed by atoms with Crippen molar-refractivity contribution in [3.8, 4) is 11.5 Å². The first-order valence-electron chi connectivity index (χ1n) is 8.49. The Labute approximate surface area is 140 Å². The van der Waals surface area contributed by atoms with Gasteiger partial charge in [-0.15, -0.1) is 0 Å². The van der Waals surface area contributed by atoms with Crippen molar-refractivity contribution in [3.05, 3.63) is 58.7 Å². The monoisotopic (exact) mass is 312 g/mol. The Kier molecular flexibility index (Phi) is 5.70. The molecule has 0 aliphatic rings. The zero-order valence-electron chi connectivity index (χ0n) is 14.9. The summed E-state index contributed by atoms with van der Waals surface area (Å²) in [5.74, 6) is 2.09. The first kappa shape index (κ1) is 17.4. The zero-order chi connectivity index (χ0) is 17.0. The largest absolute Gasteiger partial charge is 0.507 e. The van der Waals surface area contributed by atoms with Crippen LogP contribution in [-0.2, 0) is 6.42 Å². The Bertz CT molecular complexity index is 640. The average Bonchev–Trinajstić information content (AvgIpc) is 2.51. The van der Waals surface area contributed by atoms with Gasteiger partial charge in [0.15, 0.2) is 0 Å². The Morgan fingerprint density at radius 3 is 2.13 bits per heavy atom. The van der Waals surface area contributed by atoms with Gasteiger partial charge in [-0.3, -0.25) is 0 Å². The predicted molar refractivity (Wildman–Crippen MR) is 96.7 cm³/mol. The highest BCUT2D eigenvalue weighted by Gasteiger charge is 2.14. The fourth-order valence-electron chi connectivity index (χ4n) is 2.74. The van der Waals surface area contributed by atoms with Crippen molar-refractivity contribution >= 4 is 0 Å². The maximum Gasteiger partial charge on any atom is 0.122 e. The van der Waals surface area contributed by atoms with Crippen molar-refractivity contribution in [1.82, 2.24) is 0 Å². The number of phenols is 1. The summed E-state index contributed by atoms with van der Waals surface area (Å²) in [4.78, 5) is 0. The van der Waals surface area contributed by atoms with E-state index in [9.17, 15) is 5.11 Å². The normalized spacial score (nSPS) is 11.3. The summed E-state index contributed by atoms with van der Waals surface area (Å²) in [6.07, 6.45) is 0.735. The van der Waals surface area contributed by atoms with E-state index in [1.807, 2.05) is 19.1 Å². The molecule has 0 unspecified atom stereocenters. The predicted octanol–water partition coefficient (Wildman–Crippen LogP) is 5.63. The summed E-state index contributed by atoms with van der Waals surface area (Å²) in [6, 6.07) is 12.4. The van der Waals surface area contributed by atoms with Gasteiger partial charge in [0.25, 0.3) is 0 Å². The van der Waals surface area contributed by atoms with Crippen molar-refractivity contribution in [3.63, 3.8) is 0 Å². The molecule has 0 heterocycles. The molecule has 0 radical (unpaired) electrons. The lowest BCUT2D eigenvalue weighted by molar-refractivity contribution is 0.340. The highest BCUT2D eigenvalue weighted by Crippen LogP contribution is 2.34. The summed E-state index contributed by atoms with van der Waals surface area (Å²) in [5, 5.41) is 10.6. The minimum Gasteiger partial charge on any atom is -0.507 e. The van der Waals surface area contributed by atoms with Crippen LogP contribution < -0.4 is 4.74 Å². The Hall–Kier alpha value is -1.96. The number of hydrogen-bond acceptors (Lipinski definition) is 2. The molecule has 0 aliphatic carbocycles. The summed E-state index contributed by atoms with van der Waals surface area (Å²) < 4.78 is 5.49. The molecule has 0 bridgehead atoms. The quantitative estimate of drug-likeness (QED) is 0.749. The maximum atomic E-state index is 10.6. The molecule has 0 amide bonds. The summed E-state index contributed by atoms with van der Waals surface area (Å²) in [6.45, 7) is 11.3. The molecule has 2 rings (SSSR count). The van der Waals surface area contributed by atoms with E-state index in [0.717, 1.165) is 23.3 Å². The topological polar surface area (TPSA) is 29.5 Å². The van der Waals surface area contributed by atoms with E-state index < -0.39 is 0 Å². The van der Waals surface area contributed by atoms with Gasteiger partial charge in [0, 0.05) is 6.42 Å². The number of benzene rings is 2. The number of rotatable bonds is 6. The zero-order valence-corrected chi connectivity index (χ0v) is 14.9. The molecular formula is C21H28O2. The van der Waals surface area contributed by atoms with Gasteiger partial charge in [-0.2, -0.15) is 0 Å². The first-order valence-corrected chi connectivity index (χ1v) is 8.49. The third kappa shape index (κ3) is 4.28. The van der Waals surface area contributed by atoms with Crippen molar-refractivity contribution < 1.29 is 9.84 Å². The summed E-state index contributed by atoms with van der Waals surface area (Å²) >= 11 is 0. The molecule has 0 aromatic heterocycles. The second-order valence-corrected chi connectivity index (χ2v) is 6.68. The first-order chi connectivity index (χ1) is 10.9. The van der Waals surface area contributed by atoms with Crippen LogP contribution in [0.4, 0.5) is 0 Å². The average molecular weight is 312 g/mol. The van der Waals surface area contributed by atoms with Crippen LogP contribution in [0.2, 0.25) is 0 Å². The lowest BCUT2D eigenvalue weighted by atomic mass is 9.90. The Morgan fingerprint density at radius 2 is 1.61 bits per heavy atom. The number of phenolic OH excluding ortho intramolecular Hbond substituents is 1. The third-order valence-corrected chi connectivity index (χ3v) is 4.16. The van der Waals surface area contributed by atoms with Gasteiger partial charge in [-0.25, -0.2) is 0 Å². The standard InChI is InChI=1S/C21H28O2/c1-6-23-19-9-7-16(8-10-19)11-18-12-17(14(2)3)13-20(15(4)5)21(18)22/h7-10,12-15,22H,6,11H2,1-5H3. The highest BCUT2D eigenvalue weighted by molar-refractivity contribution is 5.48. The minimum atomic E-state index is 0.313. The van der Waals surface area contributed by atoms with E-state index in [1.54, 1.807) is 0 Å². The smallest absolute Gasteiger partial charge is 0.122 e. The lowest BCUT2D eigenvalue weighted by Crippen LogP contribution is -1.99. The highest BCUT2D eigenvalue weighted by atomic mass is 16.5. The van der Waals surface area contributed by atoms with Gasteiger partial charge in [-0.1, -0.05) is 52.0 Å². The van der Waals surface area contributed by atoms with E-state index in [4.69, 9.17) is 4.74 Å². The van der Waals surface area contributed by atoms with E-state index in [-0.39, 0.29) is 0 Å². The van der Waals surface area contributed by atoms with Crippen LogP contribution in [0.1, 0.15) is 68.7 Å². The second-order valence-electron chi connectivity index (χ2n) is 6.68. The van der Waals surface area contributed by atoms with E-state index in [2.05, 4.69) is 52.0 Å². The number of hydrogen-bond donors (Lipinski definition) is 1. The van der Waals surface area contributed by atoms with Gasteiger partial charge in [-0.05, 0) is 53.1 Å². The molecule has 23 heavy (non-hydrogen) atoms. The van der Waals surface area contributed by atoms with Crippen LogP contribution >= 0.6 is 0 Å². The van der Waals surface area contributed by atoms with Crippen LogP contribution in [-0.4, -0.2) is 11.7 Å². The van der Waals surface area contributed by atoms with Crippen molar-refractivity contribution in [1.29, 1.82) is 0 Å². The fraction of sp³-hybridized carbons (Fsp3) is 0.429. The van der Waals surface area contributed by atoms with Crippen molar-refractivity contribution in [2.75, 3.05) is 6.61 Å². The van der Waals surface area contributed by atoms with Crippen LogP contribution in [0.5, 0.6) is 11.5 Å². The Morgan fingerprint density at radius 1 is 0.957 bits per heavy atom. The molecule has 124 valence electrons. The molecule has 0 atom stereocenters. The van der Waals surface area contributed by atoms with E-state index >= 15 is 0 Å². The van der Waals surface area contributed by atoms with Gasteiger partial charge in [0.1, 0.15) is 11.5 Å². The van der Waals surface area contributed by atoms with E-state index in [0.29, 0.717) is 24.2 Å². The van der Waals surface area contributed by atoms with Gasteiger partial charge in [0.05, 0.1) is 6.61 Å². The lowest BCUT2D eigenvalue weighted by Gasteiger charge is -2.17. The van der Waals surface area contributed by atoms with Crippen LogP contribution in [0.3, 0.4) is 0 Å². The SMILES string of the molecule is CCOc1ccc(Cc2cc(C(C)C)cc(C(C)C)c2O)cc1. The van der Waals surface area contributed by atoms with Crippen molar-refractivity contribution in [2.45, 2.75) is 52.9 Å². The molecule has 0 saturated carbocycles. The van der Waals surface area contributed by atoms with Crippen LogP contribution in [0.15, 0.2) is 36.4 Å². The fourth-order valence-corrected chi connectivity index (χ4v) is 2.74. The Balaban J connectivity index is 2.34. The molecule has 2 heteroatoms. The number of ether oxygens (including phenoxy) is 1. The molecule has 0 fully saturated rings. The molecule has 0 aliphatic heterocycles. The number of aromatic hydroxyl groups is 1. The molecular weight excluding hydrogens is 284 g/mol.